The molecular weight excluding hydrogens is 326 g/mol. The van der Waals surface area contributed by atoms with Crippen molar-refractivity contribution in [2.45, 2.75) is 33.4 Å². The first-order valence-electron chi connectivity index (χ1n) is 5.97. The first kappa shape index (κ1) is 14.3. The predicted octanol–water partition coefficient (Wildman–Crippen LogP) is 5.45. The maximum absolute atomic E-state index is 3.70. The molecule has 2 rings (SSSR count). The topological polar surface area (TPSA) is 12.0 Å². The minimum Gasteiger partial charge on any atom is -0.304 e. The zero-order valence-electron chi connectivity index (χ0n) is 10.9. The summed E-state index contributed by atoms with van der Waals surface area (Å²) in [6.07, 6.45) is 0. The van der Waals surface area contributed by atoms with E-state index in [9.17, 15) is 0 Å². The number of nitrogens with one attached hydrogen (secondary N) is 1. The van der Waals surface area contributed by atoms with Gasteiger partial charge in [-0.15, -0.1) is 22.7 Å². The summed E-state index contributed by atoms with van der Waals surface area (Å²) in [4.78, 5) is 2.77. The third kappa shape index (κ3) is 3.44. The maximum Gasteiger partial charge on any atom is 0.0466 e. The lowest BCUT2D eigenvalue weighted by atomic mass is 9.86. The van der Waals surface area contributed by atoms with E-state index in [-0.39, 0.29) is 5.41 Å². The highest BCUT2D eigenvalue weighted by atomic mass is 79.9. The second-order valence-corrected chi connectivity index (χ2v) is 8.22. The fourth-order valence-electron chi connectivity index (χ4n) is 1.94. The van der Waals surface area contributed by atoms with Crippen LogP contribution in [0.2, 0.25) is 0 Å². The molecule has 0 bridgehead atoms. The molecule has 0 saturated heterocycles. The quantitative estimate of drug-likeness (QED) is 0.778. The summed E-state index contributed by atoms with van der Waals surface area (Å²) in [6, 6.07) is 6.85. The Morgan fingerprint density at radius 3 is 2.50 bits per heavy atom. The second kappa shape index (κ2) is 5.87. The van der Waals surface area contributed by atoms with E-state index in [1.807, 2.05) is 11.3 Å². The molecule has 1 atom stereocenters. The number of hydrogen-bond acceptors (Lipinski definition) is 3. The summed E-state index contributed by atoms with van der Waals surface area (Å²) >= 11 is 7.21. The molecule has 0 aliphatic carbocycles. The van der Waals surface area contributed by atoms with Crippen molar-refractivity contribution in [1.82, 2.24) is 5.32 Å². The Bertz CT molecular complexity index is 482. The van der Waals surface area contributed by atoms with Gasteiger partial charge in [-0.05, 0) is 44.2 Å². The van der Waals surface area contributed by atoms with Gasteiger partial charge in [-0.3, -0.25) is 0 Å². The van der Waals surface area contributed by atoms with Gasteiger partial charge in [0, 0.05) is 26.8 Å². The molecule has 2 aromatic heterocycles. The van der Waals surface area contributed by atoms with Gasteiger partial charge in [0.1, 0.15) is 0 Å². The molecule has 0 aliphatic rings. The Morgan fingerprint density at radius 2 is 2.00 bits per heavy atom. The Kier molecular flexibility index (Phi) is 4.64. The summed E-state index contributed by atoms with van der Waals surface area (Å²) < 4.78 is 1.21. The zero-order chi connectivity index (χ0) is 13.2. The summed E-state index contributed by atoms with van der Waals surface area (Å²) in [5.41, 5.74) is 0.217. The van der Waals surface area contributed by atoms with Crippen LogP contribution in [0.25, 0.3) is 0 Å². The van der Waals surface area contributed by atoms with Gasteiger partial charge in [0.25, 0.3) is 0 Å². The van der Waals surface area contributed by atoms with E-state index in [1.54, 1.807) is 11.3 Å². The van der Waals surface area contributed by atoms with Crippen LogP contribution in [-0.2, 0) is 6.54 Å². The Hall–Kier alpha value is -0.160. The average Bonchev–Trinajstić information content (AvgIpc) is 2.89. The number of hydrogen-bond donors (Lipinski definition) is 1. The molecule has 0 saturated carbocycles. The maximum atomic E-state index is 3.70. The molecule has 0 aromatic carbocycles. The lowest BCUT2D eigenvalue weighted by Crippen LogP contribution is -2.31. The zero-order valence-corrected chi connectivity index (χ0v) is 14.1. The highest BCUT2D eigenvalue weighted by Gasteiger charge is 2.26. The first-order chi connectivity index (χ1) is 8.48. The van der Waals surface area contributed by atoms with Crippen molar-refractivity contribution >= 4 is 38.6 Å². The van der Waals surface area contributed by atoms with Crippen LogP contribution in [0.4, 0.5) is 0 Å². The largest absolute Gasteiger partial charge is 0.304 e. The van der Waals surface area contributed by atoms with Crippen LogP contribution in [0.15, 0.2) is 33.4 Å². The molecule has 4 heteroatoms. The summed E-state index contributed by atoms with van der Waals surface area (Å²) in [5.74, 6) is 0. The smallest absolute Gasteiger partial charge is 0.0466 e. The van der Waals surface area contributed by atoms with E-state index >= 15 is 0 Å². The highest BCUT2D eigenvalue weighted by Crippen LogP contribution is 2.36. The number of halogens is 1. The third-order valence-corrected chi connectivity index (χ3v) is 5.72. The first-order valence-corrected chi connectivity index (χ1v) is 8.52. The van der Waals surface area contributed by atoms with Crippen LogP contribution in [-0.4, -0.2) is 0 Å². The molecule has 18 heavy (non-hydrogen) atoms. The van der Waals surface area contributed by atoms with Crippen molar-refractivity contribution in [3.05, 3.63) is 43.2 Å². The standard InChI is InChI=1S/C14H18BrNS2/c1-14(2,3)13(11-5-4-7-17-11)16-9-12-10(15)6-8-18-12/h4-8,13,16H,9H2,1-3H3. The molecule has 0 radical (unpaired) electrons. The van der Waals surface area contributed by atoms with Gasteiger partial charge in [0.2, 0.25) is 0 Å². The van der Waals surface area contributed by atoms with E-state index in [2.05, 4.69) is 71.0 Å². The van der Waals surface area contributed by atoms with Crippen molar-refractivity contribution in [2.24, 2.45) is 5.41 Å². The van der Waals surface area contributed by atoms with Crippen LogP contribution < -0.4 is 5.32 Å². The summed E-state index contributed by atoms with van der Waals surface area (Å²) in [6.45, 7) is 7.77. The minimum atomic E-state index is 0.217. The van der Waals surface area contributed by atoms with Crippen LogP contribution in [0.1, 0.15) is 36.6 Å². The predicted molar refractivity (Wildman–Crippen MR) is 85.4 cm³/mol. The molecule has 1 unspecified atom stereocenters. The summed E-state index contributed by atoms with van der Waals surface area (Å²) in [7, 11) is 0. The van der Waals surface area contributed by atoms with Gasteiger partial charge >= 0.3 is 0 Å². The number of rotatable bonds is 4. The van der Waals surface area contributed by atoms with Gasteiger partial charge < -0.3 is 5.32 Å². The average molecular weight is 344 g/mol. The van der Waals surface area contributed by atoms with Crippen molar-refractivity contribution in [3.8, 4) is 0 Å². The lowest BCUT2D eigenvalue weighted by molar-refractivity contribution is 0.275. The number of thiophene rings is 2. The SMILES string of the molecule is CC(C)(C)C(NCc1sccc1Br)c1cccs1. The van der Waals surface area contributed by atoms with Gasteiger partial charge in [0.05, 0.1) is 0 Å². The van der Waals surface area contributed by atoms with Gasteiger partial charge in [-0.25, -0.2) is 0 Å². The van der Waals surface area contributed by atoms with Gasteiger partial charge in [0.15, 0.2) is 0 Å². The lowest BCUT2D eigenvalue weighted by Gasteiger charge is -2.31. The molecule has 0 spiro atoms. The molecule has 1 nitrogen and oxygen atoms in total. The van der Waals surface area contributed by atoms with Crippen LogP contribution in [0.3, 0.4) is 0 Å². The Labute approximate surface area is 125 Å². The normalized spacial score (nSPS) is 13.8. The van der Waals surface area contributed by atoms with Crippen LogP contribution >= 0.6 is 38.6 Å². The Balaban J connectivity index is 2.10. The molecule has 0 aliphatic heterocycles. The molecule has 2 heterocycles. The van der Waals surface area contributed by atoms with E-state index < -0.39 is 0 Å². The molecule has 98 valence electrons. The minimum absolute atomic E-state index is 0.217. The summed E-state index contributed by atoms with van der Waals surface area (Å²) in [5, 5.41) is 7.97. The van der Waals surface area contributed by atoms with E-state index in [4.69, 9.17) is 0 Å². The van der Waals surface area contributed by atoms with Crippen molar-refractivity contribution in [2.75, 3.05) is 0 Å². The van der Waals surface area contributed by atoms with Crippen LogP contribution in [0, 0.1) is 5.41 Å². The molecule has 0 fully saturated rings. The highest BCUT2D eigenvalue weighted by molar-refractivity contribution is 9.10. The van der Waals surface area contributed by atoms with Gasteiger partial charge in [-0.1, -0.05) is 26.8 Å². The monoisotopic (exact) mass is 343 g/mol. The van der Waals surface area contributed by atoms with Gasteiger partial charge in [-0.2, -0.15) is 0 Å². The van der Waals surface area contributed by atoms with Crippen molar-refractivity contribution in [1.29, 1.82) is 0 Å². The molecule has 0 amide bonds. The van der Waals surface area contributed by atoms with Crippen LogP contribution in [0.5, 0.6) is 0 Å². The molecular formula is C14H18BrNS2. The molecule has 1 N–H and O–H groups in total. The molecule has 2 aromatic rings. The van der Waals surface area contributed by atoms with E-state index in [0.717, 1.165) is 6.54 Å². The van der Waals surface area contributed by atoms with E-state index in [1.165, 1.54) is 14.2 Å². The fraction of sp³-hybridized carbons (Fsp3) is 0.429. The third-order valence-electron chi connectivity index (χ3n) is 2.85. The second-order valence-electron chi connectivity index (χ2n) is 5.39. The Morgan fingerprint density at radius 1 is 1.22 bits per heavy atom. The van der Waals surface area contributed by atoms with Crippen molar-refractivity contribution < 1.29 is 0 Å². The van der Waals surface area contributed by atoms with Crippen molar-refractivity contribution in [3.63, 3.8) is 0 Å². The fourth-order valence-corrected chi connectivity index (χ4v) is 4.42. The van der Waals surface area contributed by atoms with E-state index in [0.29, 0.717) is 6.04 Å².